The van der Waals surface area contributed by atoms with Crippen LogP contribution < -0.4 is 5.32 Å². The molecule has 1 fully saturated rings. The van der Waals surface area contributed by atoms with Crippen molar-refractivity contribution >= 4 is 0 Å². The summed E-state index contributed by atoms with van der Waals surface area (Å²) in [6, 6.07) is 9.75. The van der Waals surface area contributed by atoms with E-state index in [9.17, 15) is 0 Å². The third kappa shape index (κ3) is 3.09. The minimum Gasteiger partial charge on any atom is -0.317 e. The van der Waals surface area contributed by atoms with Gasteiger partial charge < -0.3 is 5.32 Å². The summed E-state index contributed by atoms with van der Waals surface area (Å²) in [5.74, 6) is 1.72. The third-order valence-corrected chi connectivity index (χ3v) is 5.59. The van der Waals surface area contributed by atoms with E-state index in [1.807, 2.05) is 0 Å². The first-order chi connectivity index (χ1) is 9.88. The molecule has 3 rings (SSSR count). The lowest BCUT2D eigenvalue weighted by molar-refractivity contribution is 0.267. The molecule has 20 heavy (non-hydrogen) atoms. The molecule has 1 aromatic carbocycles. The Bertz CT molecular complexity index is 418. The maximum Gasteiger partial charge on any atom is 0.00982 e. The minimum absolute atomic E-state index is 0.728. The van der Waals surface area contributed by atoms with E-state index in [4.69, 9.17) is 0 Å². The highest BCUT2D eigenvalue weighted by atomic mass is 14.9. The summed E-state index contributed by atoms with van der Waals surface area (Å²) in [7, 11) is 2.17. The fourth-order valence-corrected chi connectivity index (χ4v) is 4.32. The average Bonchev–Trinajstić information content (AvgIpc) is 2.41. The second-order valence-corrected chi connectivity index (χ2v) is 6.84. The van der Waals surface area contributed by atoms with Crippen molar-refractivity contribution in [2.24, 2.45) is 5.92 Å². The van der Waals surface area contributed by atoms with Crippen molar-refractivity contribution in [1.82, 2.24) is 5.32 Å². The van der Waals surface area contributed by atoms with Gasteiger partial charge in [0.25, 0.3) is 0 Å². The molecule has 1 aromatic rings. The Morgan fingerprint density at radius 3 is 2.45 bits per heavy atom. The molecule has 0 amide bonds. The molecule has 0 aliphatic heterocycles. The molecule has 110 valence electrons. The number of hydrogen-bond acceptors (Lipinski definition) is 1. The first-order valence-corrected chi connectivity index (χ1v) is 8.63. The SMILES string of the molecule is CNC(CC1Cc2ccccc21)C1CCCCCCC1. The van der Waals surface area contributed by atoms with Crippen molar-refractivity contribution in [3.63, 3.8) is 0 Å². The fourth-order valence-electron chi connectivity index (χ4n) is 4.32. The van der Waals surface area contributed by atoms with Crippen LogP contribution in [0.25, 0.3) is 0 Å². The molecule has 0 radical (unpaired) electrons. The number of rotatable bonds is 4. The van der Waals surface area contributed by atoms with Gasteiger partial charge in [0.2, 0.25) is 0 Å². The number of fused-ring (bicyclic) bond motifs is 1. The van der Waals surface area contributed by atoms with E-state index in [-0.39, 0.29) is 0 Å². The second-order valence-electron chi connectivity index (χ2n) is 6.84. The Morgan fingerprint density at radius 1 is 1.05 bits per heavy atom. The van der Waals surface area contributed by atoms with Crippen molar-refractivity contribution in [3.05, 3.63) is 35.4 Å². The third-order valence-electron chi connectivity index (χ3n) is 5.59. The van der Waals surface area contributed by atoms with Crippen LogP contribution in [0.5, 0.6) is 0 Å². The zero-order chi connectivity index (χ0) is 13.8. The van der Waals surface area contributed by atoms with Gasteiger partial charge in [0.15, 0.2) is 0 Å². The van der Waals surface area contributed by atoms with Crippen LogP contribution in [-0.2, 0) is 6.42 Å². The molecule has 1 saturated carbocycles. The normalized spacial score (nSPS) is 25.1. The molecule has 2 atom stereocenters. The van der Waals surface area contributed by atoms with Crippen LogP contribution >= 0.6 is 0 Å². The second kappa shape index (κ2) is 6.76. The van der Waals surface area contributed by atoms with Crippen LogP contribution in [0.4, 0.5) is 0 Å². The van der Waals surface area contributed by atoms with Gasteiger partial charge in [-0.05, 0) is 55.7 Å². The largest absolute Gasteiger partial charge is 0.317 e. The summed E-state index contributed by atoms with van der Waals surface area (Å²) in [5, 5.41) is 3.65. The predicted molar refractivity (Wildman–Crippen MR) is 86.2 cm³/mol. The van der Waals surface area contributed by atoms with Crippen LogP contribution in [0.3, 0.4) is 0 Å². The average molecular weight is 271 g/mol. The van der Waals surface area contributed by atoms with Gasteiger partial charge in [-0.3, -0.25) is 0 Å². The number of nitrogens with one attached hydrogen (secondary N) is 1. The molecule has 0 heterocycles. The van der Waals surface area contributed by atoms with Crippen LogP contribution in [0, 0.1) is 5.92 Å². The first kappa shape index (κ1) is 14.1. The fraction of sp³-hybridized carbons (Fsp3) is 0.684. The summed E-state index contributed by atoms with van der Waals surface area (Å²) in [6.45, 7) is 0. The smallest absolute Gasteiger partial charge is 0.00982 e. The Labute approximate surface area is 124 Å². The maximum atomic E-state index is 3.65. The summed E-state index contributed by atoms with van der Waals surface area (Å²) in [5.41, 5.74) is 3.21. The van der Waals surface area contributed by atoms with E-state index in [1.165, 1.54) is 57.8 Å². The molecule has 2 unspecified atom stereocenters. The van der Waals surface area contributed by atoms with Gasteiger partial charge in [0.05, 0.1) is 0 Å². The van der Waals surface area contributed by atoms with Crippen molar-refractivity contribution in [2.75, 3.05) is 7.05 Å². The summed E-state index contributed by atoms with van der Waals surface area (Å²) in [6.07, 6.45) is 12.8. The molecule has 0 saturated heterocycles. The maximum absolute atomic E-state index is 3.65. The number of hydrogen-bond donors (Lipinski definition) is 1. The van der Waals surface area contributed by atoms with Gasteiger partial charge in [0.1, 0.15) is 0 Å². The lowest BCUT2D eigenvalue weighted by Crippen LogP contribution is -2.37. The van der Waals surface area contributed by atoms with Crippen LogP contribution in [0.15, 0.2) is 24.3 Å². The molecular weight excluding hydrogens is 242 g/mol. The van der Waals surface area contributed by atoms with E-state index in [0.29, 0.717) is 0 Å². The van der Waals surface area contributed by atoms with Crippen molar-refractivity contribution in [1.29, 1.82) is 0 Å². The number of benzene rings is 1. The highest BCUT2D eigenvalue weighted by Gasteiger charge is 2.30. The minimum atomic E-state index is 0.728. The van der Waals surface area contributed by atoms with Gasteiger partial charge >= 0.3 is 0 Å². The van der Waals surface area contributed by atoms with Gasteiger partial charge in [-0.15, -0.1) is 0 Å². The van der Waals surface area contributed by atoms with E-state index < -0.39 is 0 Å². The standard InChI is InChI=1S/C19H29N/c1-20-19(15-9-5-3-2-4-6-10-15)14-17-13-16-11-7-8-12-18(16)17/h7-8,11-12,15,17,19-20H,2-6,9-10,13-14H2,1H3. The quantitative estimate of drug-likeness (QED) is 0.839. The highest BCUT2D eigenvalue weighted by Crippen LogP contribution is 2.40. The van der Waals surface area contributed by atoms with Crippen LogP contribution in [0.2, 0.25) is 0 Å². The van der Waals surface area contributed by atoms with Crippen molar-refractivity contribution in [3.8, 4) is 0 Å². The molecule has 2 aliphatic rings. The summed E-state index contributed by atoms with van der Waals surface area (Å²) >= 11 is 0. The molecule has 0 aromatic heterocycles. The van der Waals surface area contributed by atoms with E-state index in [0.717, 1.165) is 17.9 Å². The lowest BCUT2D eigenvalue weighted by atomic mass is 9.72. The van der Waals surface area contributed by atoms with E-state index >= 15 is 0 Å². The van der Waals surface area contributed by atoms with E-state index in [1.54, 1.807) is 11.1 Å². The van der Waals surface area contributed by atoms with Gasteiger partial charge in [-0.1, -0.05) is 56.4 Å². The summed E-state index contributed by atoms with van der Waals surface area (Å²) < 4.78 is 0. The Morgan fingerprint density at radius 2 is 1.75 bits per heavy atom. The molecule has 1 heteroatoms. The van der Waals surface area contributed by atoms with Crippen LogP contribution in [-0.4, -0.2) is 13.1 Å². The van der Waals surface area contributed by atoms with Crippen molar-refractivity contribution in [2.45, 2.75) is 69.7 Å². The first-order valence-electron chi connectivity index (χ1n) is 8.63. The molecule has 1 N–H and O–H groups in total. The molecule has 0 bridgehead atoms. The molecule has 0 spiro atoms. The Kier molecular flexibility index (Phi) is 4.77. The molecular formula is C19H29N. The molecule has 1 nitrogen and oxygen atoms in total. The van der Waals surface area contributed by atoms with Gasteiger partial charge in [-0.2, -0.15) is 0 Å². The topological polar surface area (TPSA) is 12.0 Å². The zero-order valence-corrected chi connectivity index (χ0v) is 12.9. The Hall–Kier alpha value is -0.820. The van der Waals surface area contributed by atoms with Crippen molar-refractivity contribution < 1.29 is 0 Å². The lowest BCUT2D eigenvalue weighted by Gasteiger charge is -2.36. The predicted octanol–water partition coefficient (Wildman–Crippen LogP) is 4.66. The Balaban J connectivity index is 1.59. The molecule has 2 aliphatic carbocycles. The summed E-state index contributed by atoms with van der Waals surface area (Å²) in [4.78, 5) is 0. The highest BCUT2D eigenvalue weighted by molar-refractivity contribution is 5.39. The monoisotopic (exact) mass is 271 g/mol. The van der Waals surface area contributed by atoms with Gasteiger partial charge in [0, 0.05) is 6.04 Å². The zero-order valence-electron chi connectivity index (χ0n) is 12.9. The van der Waals surface area contributed by atoms with Crippen LogP contribution in [0.1, 0.15) is 68.4 Å². The van der Waals surface area contributed by atoms with Gasteiger partial charge in [-0.25, -0.2) is 0 Å². The van der Waals surface area contributed by atoms with E-state index in [2.05, 4.69) is 36.6 Å².